The number of benzene rings is 5. The van der Waals surface area contributed by atoms with Gasteiger partial charge in [0.05, 0.1) is 16.7 Å². The third kappa shape index (κ3) is 10.2. The standard InChI is InChI=1S/C49H56N4O12S3/c1-23(2)29(9)48(54)52-46-27(7)17-25(5)44(31(46)11)50-36-21-38-34(19-41(36)67(59,60)61)43(33-15-13-14-16-40(33)66(56,57)58)35-20-42(68(62,63)64)37(22-39(35)65-38)51-45-26(6)18-28(8)47(32(45)12)53-49(55)30(10)24(3)4/h13-24,29-30,50H,1-12H3,(H,52,54)(H,53,55)(H,56,57,58)(H,59,60,61)(H,62,63,64). The minimum Gasteiger partial charge on any atom is -0.456 e. The van der Waals surface area contributed by atoms with Crippen molar-refractivity contribution in [2.45, 2.75) is 97.8 Å². The van der Waals surface area contributed by atoms with Crippen molar-refractivity contribution in [3.8, 4) is 22.5 Å². The Morgan fingerprint density at radius 2 is 1.07 bits per heavy atom. The van der Waals surface area contributed by atoms with Gasteiger partial charge in [0.2, 0.25) is 11.8 Å². The number of nitrogens with one attached hydrogen (secondary N) is 3. The molecule has 0 bridgehead atoms. The zero-order valence-corrected chi connectivity index (χ0v) is 42.2. The van der Waals surface area contributed by atoms with Crippen LogP contribution < -0.4 is 21.3 Å². The third-order valence-corrected chi connectivity index (χ3v) is 15.3. The van der Waals surface area contributed by atoms with Gasteiger partial charge in [0.1, 0.15) is 26.0 Å². The van der Waals surface area contributed by atoms with Crippen LogP contribution in [-0.4, -0.2) is 50.7 Å². The number of aryl methyl sites for hydroxylation is 4. The molecule has 1 aliphatic carbocycles. The molecule has 362 valence electrons. The van der Waals surface area contributed by atoms with Gasteiger partial charge in [-0.2, -0.15) is 25.3 Å². The number of anilines is 4. The normalized spacial score (nSPS) is 13.6. The Balaban J connectivity index is 1.73. The third-order valence-electron chi connectivity index (χ3n) is 12.6. The van der Waals surface area contributed by atoms with Gasteiger partial charge in [-0.25, -0.2) is 4.99 Å². The number of fused-ring (bicyclic) bond motifs is 2. The first-order chi connectivity index (χ1) is 31.4. The lowest BCUT2D eigenvalue weighted by molar-refractivity contribution is -0.121. The summed E-state index contributed by atoms with van der Waals surface area (Å²) in [5.74, 6) is -1.23. The van der Waals surface area contributed by atoms with E-state index in [0.717, 1.165) is 23.8 Å². The first kappa shape index (κ1) is 51.4. The summed E-state index contributed by atoms with van der Waals surface area (Å²) in [6.45, 7) is 21.8. The number of hydrogen-bond donors (Lipinski definition) is 6. The highest BCUT2D eigenvalue weighted by atomic mass is 32.2. The monoisotopic (exact) mass is 988 g/mol. The molecular weight excluding hydrogens is 933 g/mol. The Labute approximate surface area is 396 Å². The molecule has 1 aliphatic heterocycles. The largest absolute Gasteiger partial charge is 0.456 e. The topological polar surface area (TPSA) is 259 Å². The fourth-order valence-corrected chi connectivity index (χ4v) is 10.2. The summed E-state index contributed by atoms with van der Waals surface area (Å²) in [6.07, 6.45) is 0. The molecule has 0 spiro atoms. The van der Waals surface area contributed by atoms with Gasteiger partial charge in [-0.05, 0) is 105 Å². The van der Waals surface area contributed by atoms with E-state index in [1.807, 2.05) is 34.6 Å². The molecule has 1 heterocycles. The summed E-state index contributed by atoms with van der Waals surface area (Å²) in [4.78, 5) is 29.1. The molecule has 0 saturated carbocycles. The van der Waals surface area contributed by atoms with Crippen LogP contribution in [0.25, 0.3) is 33.4 Å². The van der Waals surface area contributed by atoms with Crippen molar-refractivity contribution in [1.29, 1.82) is 0 Å². The molecule has 6 rings (SSSR count). The molecule has 2 atom stereocenters. The number of nitrogens with zero attached hydrogens (tertiary/aromatic N) is 1. The summed E-state index contributed by atoms with van der Waals surface area (Å²) in [5, 5.41) is 8.61. The average Bonchev–Trinajstić information content (AvgIpc) is 3.23. The van der Waals surface area contributed by atoms with Gasteiger partial charge in [-0.3, -0.25) is 23.2 Å². The number of carbonyl (C=O) groups is 2. The second kappa shape index (κ2) is 18.9. The van der Waals surface area contributed by atoms with Crippen molar-refractivity contribution in [3.63, 3.8) is 0 Å². The minimum absolute atomic E-state index is 0.0298. The van der Waals surface area contributed by atoms with Crippen LogP contribution in [0.15, 0.2) is 84.8 Å². The van der Waals surface area contributed by atoms with Gasteiger partial charge >= 0.3 is 0 Å². The number of amides is 2. The quantitative estimate of drug-likeness (QED) is 0.0465. The maximum absolute atomic E-state index is 13.4. The van der Waals surface area contributed by atoms with Gasteiger partial charge < -0.3 is 20.4 Å². The minimum atomic E-state index is -5.17. The zero-order valence-electron chi connectivity index (χ0n) is 39.8. The highest BCUT2D eigenvalue weighted by Gasteiger charge is 2.30. The van der Waals surface area contributed by atoms with E-state index in [-0.39, 0.29) is 85.6 Å². The van der Waals surface area contributed by atoms with Gasteiger partial charge in [-0.15, -0.1) is 0 Å². The van der Waals surface area contributed by atoms with E-state index in [1.54, 1.807) is 60.6 Å². The summed E-state index contributed by atoms with van der Waals surface area (Å²) in [7, 11) is -15.3. The summed E-state index contributed by atoms with van der Waals surface area (Å²) in [6, 6.07) is 13.2. The van der Waals surface area contributed by atoms with Crippen molar-refractivity contribution in [3.05, 3.63) is 99.4 Å². The molecule has 4 aromatic rings. The van der Waals surface area contributed by atoms with Crippen molar-refractivity contribution < 1.29 is 52.9 Å². The van der Waals surface area contributed by atoms with Gasteiger partial charge in [-0.1, -0.05) is 71.9 Å². The van der Waals surface area contributed by atoms with Gasteiger partial charge in [0.25, 0.3) is 30.4 Å². The molecule has 0 fully saturated rings. The average molecular weight is 989 g/mol. The van der Waals surface area contributed by atoms with E-state index in [0.29, 0.717) is 44.9 Å². The first-order valence-electron chi connectivity index (χ1n) is 21.7. The molecule has 2 amide bonds. The first-order valence-corrected chi connectivity index (χ1v) is 26.0. The lowest BCUT2D eigenvalue weighted by Crippen LogP contribution is -2.25. The lowest BCUT2D eigenvalue weighted by atomic mass is 9.93. The highest BCUT2D eigenvalue weighted by Crippen LogP contribution is 2.46. The van der Waals surface area contributed by atoms with E-state index in [2.05, 4.69) is 16.0 Å². The van der Waals surface area contributed by atoms with Crippen LogP contribution in [0, 0.1) is 65.2 Å². The Bertz CT molecular complexity index is 3450. The maximum atomic E-state index is 13.4. The Morgan fingerprint density at radius 1 is 0.574 bits per heavy atom. The zero-order chi connectivity index (χ0) is 50.7. The maximum Gasteiger partial charge on any atom is 0.296 e. The molecule has 6 N–H and O–H groups in total. The fraction of sp³-hybridized carbons (Fsp3) is 0.327. The fourth-order valence-electron chi connectivity index (χ4n) is 8.17. The molecule has 4 aromatic carbocycles. The predicted molar refractivity (Wildman–Crippen MR) is 263 cm³/mol. The molecular formula is C49H56N4O12S3. The summed E-state index contributed by atoms with van der Waals surface area (Å²) < 4.78 is 118. The van der Waals surface area contributed by atoms with Crippen molar-refractivity contribution in [1.82, 2.24) is 0 Å². The molecule has 2 unspecified atom stereocenters. The molecule has 0 aromatic heterocycles. The summed E-state index contributed by atoms with van der Waals surface area (Å²) in [5.41, 5.74) is 4.37. The lowest BCUT2D eigenvalue weighted by Gasteiger charge is -2.23. The molecule has 2 aliphatic rings. The molecule has 16 nitrogen and oxygen atoms in total. The number of rotatable bonds is 13. The SMILES string of the molecule is Cc1cc(C)c(NC(=O)C(C)C(C)C)c(C)c1N=c1cc2oc3cc(Nc4c(C)cc(C)c(NC(=O)C(C)C(C)C)c4C)c(S(=O)(=O)O)cc3c(-c3ccccc3S(=O)(=O)O)c-2cc1S(=O)(=O)O. The molecule has 0 radical (unpaired) electrons. The molecule has 19 heteroatoms. The van der Waals surface area contributed by atoms with Gasteiger partial charge in [0.15, 0.2) is 0 Å². The van der Waals surface area contributed by atoms with Crippen LogP contribution in [0.4, 0.5) is 28.4 Å². The molecule has 0 saturated heterocycles. The smallest absolute Gasteiger partial charge is 0.296 e. The number of hydrogen-bond acceptors (Lipinski definition) is 11. The van der Waals surface area contributed by atoms with Crippen LogP contribution in [0.2, 0.25) is 0 Å². The van der Waals surface area contributed by atoms with Gasteiger partial charge in [0, 0.05) is 63.1 Å². The van der Waals surface area contributed by atoms with E-state index >= 15 is 0 Å². The second-order valence-electron chi connectivity index (χ2n) is 18.1. The van der Waals surface area contributed by atoms with E-state index in [1.165, 1.54) is 30.3 Å². The predicted octanol–water partition coefficient (Wildman–Crippen LogP) is 10.2. The van der Waals surface area contributed by atoms with Crippen LogP contribution in [-0.2, 0) is 39.9 Å². The van der Waals surface area contributed by atoms with Crippen molar-refractivity contribution in [2.24, 2.45) is 28.7 Å². The van der Waals surface area contributed by atoms with E-state index in [4.69, 9.17) is 9.41 Å². The second-order valence-corrected chi connectivity index (χ2v) is 22.3. The Morgan fingerprint density at radius 3 is 1.60 bits per heavy atom. The van der Waals surface area contributed by atoms with Crippen molar-refractivity contribution >= 4 is 81.6 Å². The Hall–Kier alpha value is -5.96. The number of carbonyl (C=O) groups excluding carboxylic acids is 2. The summed E-state index contributed by atoms with van der Waals surface area (Å²) >= 11 is 0. The van der Waals surface area contributed by atoms with Crippen LogP contribution in [0.5, 0.6) is 0 Å². The Kier molecular flexibility index (Phi) is 14.3. The van der Waals surface area contributed by atoms with E-state index in [9.17, 15) is 48.5 Å². The highest BCUT2D eigenvalue weighted by molar-refractivity contribution is 7.86. The van der Waals surface area contributed by atoms with Crippen LogP contribution in [0.3, 0.4) is 0 Å². The molecule has 68 heavy (non-hydrogen) atoms. The van der Waals surface area contributed by atoms with Crippen LogP contribution in [0.1, 0.15) is 74.9 Å². The van der Waals surface area contributed by atoms with Crippen LogP contribution >= 0.6 is 0 Å². The van der Waals surface area contributed by atoms with E-state index < -0.39 is 45.0 Å². The van der Waals surface area contributed by atoms with Crippen molar-refractivity contribution in [2.75, 3.05) is 16.0 Å².